The van der Waals surface area contributed by atoms with Crippen LogP contribution < -0.4 is 10.5 Å². The van der Waals surface area contributed by atoms with Gasteiger partial charge in [0.15, 0.2) is 0 Å². The maximum absolute atomic E-state index is 12.1. The third-order valence-electron chi connectivity index (χ3n) is 2.31. The second kappa shape index (κ2) is 4.60. The fourth-order valence-corrected chi connectivity index (χ4v) is 1.55. The molecule has 0 spiro atoms. The molecule has 0 heterocycles. The van der Waals surface area contributed by atoms with Gasteiger partial charge in [-0.3, -0.25) is 0 Å². The molecule has 0 aliphatic rings. The van der Waals surface area contributed by atoms with Crippen LogP contribution in [-0.2, 0) is 0 Å². The smallest absolute Gasteiger partial charge is 0.406 e. The Balaban J connectivity index is 2.29. The van der Waals surface area contributed by atoms with Crippen molar-refractivity contribution in [2.24, 2.45) is 0 Å². The van der Waals surface area contributed by atoms with E-state index in [1.807, 2.05) is 0 Å². The van der Waals surface area contributed by atoms with E-state index in [2.05, 4.69) is 4.74 Å². The van der Waals surface area contributed by atoms with E-state index in [1.54, 1.807) is 30.3 Å². The van der Waals surface area contributed by atoms with Gasteiger partial charge in [-0.05, 0) is 35.4 Å². The quantitative estimate of drug-likeness (QED) is 0.825. The van der Waals surface area contributed by atoms with Gasteiger partial charge in [-0.1, -0.05) is 24.3 Å². The van der Waals surface area contributed by atoms with Gasteiger partial charge in [0.1, 0.15) is 5.75 Å². The fraction of sp³-hybridized carbons (Fsp3) is 0.0769. The molecule has 0 unspecified atom stereocenters. The van der Waals surface area contributed by atoms with Gasteiger partial charge in [-0.15, -0.1) is 13.2 Å². The molecule has 0 bridgehead atoms. The lowest BCUT2D eigenvalue weighted by Gasteiger charge is -2.10. The van der Waals surface area contributed by atoms with Crippen molar-refractivity contribution in [3.63, 3.8) is 0 Å². The van der Waals surface area contributed by atoms with Crippen molar-refractivity contribution in [2.75, 3.05) is 5.73 Å². The Kier molecular flexibility index (Phi) is 3.14. The molecule has 94 valence electrons. The molecule has 0 amide bonds. The van der Waals surface area contributed by atoms with Crippen molar-refractivity contribution in [3.8, 4) is 16.9 Å². The van der Waals surface area contributed by atoms with Gasteiger partial charge in [0.25, 0.3) is 0 Å². The van der Waals surface area contributed by atoms with Gasteiger partial charge >= 0.3 is 6.36 Å². The molecule has 0 radical (unpaired) electrons. The predicted molar refractivity (Wildman–Crippen MR) is 63.0 cm³/mol. The Morgan fingerprint density at radius 2 is 1.56 bits per heavy atom. The average molecular weight is 253 g/mol. The number of nitrogen functional groups attached to an aromatic ring is 1. The van der Waals surface area contributed by atoms with Gasteiger partial charge in [-0.25, -0.2) is 0 Å². The molecule has 0 atom stereocenters. The van der Waals surface area contributed by atoms with E-state index >= 15 is 0 Å². The minimum atomic E-state index is -4.68. The SMILES string of the molecule is Nc1ccc(-c2cccc(OC(F)(F)F)c2)cc1. The zero-order valence-electron chi connectivity index (χ0n) is 9.24. The molecule has 0 saturated heterocycles. The molecule has 0 aliphatic heterocycles. The summed E-state index contributed by atoms with van der Waals surface area (Å²) in [6.07, 6.45) is -4.68. The number of anilines is 1. The van der Waals surface area contributed by atoms with Crippen LogP contribution in [0.4, 0.5) is 18.9 Å². The number of hydrogen-bond donors (Lipinski definition) is 1. The summed E-state index contributed by atoms with van der Waals surface area (Å²) in [5.41, 5.74) is 7.55. The van der Waals surface area contributed by atoms with Crippen molar-refractivity contribution in [2.45, 2.75) is 6.36 Å². The van der Waals surface area contributed by atoms with Crippen LogP contribution in [-0.4, -0.2) is 6.36 Å². The summed E-state index contributed by atoms with van der Waals surface area (Å²) >= 11 is 0. The molecule has 18 heavy (non-hydrogen) atoms. The van der Waals surface area contributed by atoms with E-state index < -0.39 is 6.36 Å². The number of halogens is 3. The first-order chi connectivity index (χ1) is 8.44. The lowest BCUT2D eigenvalue weighted by molar-refractivity contribution is -0.274. The first-order valence-electron chi connectivity index (χ1n) is 5.16. The van der Waals surface area contributed by atoms with Crippen molar-refractivity contribution in [3.05, 3.63) is 48.5 Å². The summed E-state index contributed by atoms with van der Waals surface area (Å²) in [5.74, 6) is -0.239. The molecular formula is C13H10F3NO. The van der Waals surface area contributed by atoms with Crippen molar-refractivity contribution >= 4 is 5.69 Å². The van der Waals surface area contributed by atoms with Gasteiger partial charge in [0.05, 0.1) is 0 Å². The highest BCUT2D eigenvalue weighted by molar-refractivity contribution is 5.66. The van der Waals surface area contributed by atoms with E-state index in [9.17, 15) is 13.2 Å². The monoisotopic (exact) mass is 253 g/mol. The van der Waals surface area contributed by atoms with Gasteiger partial charge in [0.2, 0.25) is 0 Å². The Morgan fingerprint density at radius 3 is 2.17 bits per heavy atom. The molecule has 2 nitrogen and oxygen atoms in total. The van der Waals surface area contributed by atoms with Gasteiger partial charge in [0, 0.05) is 5.69 Å². The zero-order valence-corrected chi connectivity index (χ0v) is 9.24. The predicted octanol–water partition coefficient (Wildman–Crippen LogP) is 3.83. The highest BCUT2D eigenvalue weighted by Gasteiger charge is 2.31. The van der Waals surface area contributed by atoms with Crippen LogP contribution in [0, 0.1) is 0 Å². The first-order valence-corrected chi connectivity index (χ1v) is 5.16. The Bertz CT molecular complexity index is 535. The van der Waals surface area contributed by atoms with Gasteiger partial charge < -0.3 is 10.5 Å². The van der Waals surface area contributed by atoms with Crippen LogP contribution in [0.1, 0.15) is 0 Å². The minimum absolute atomic E-state index is 0.239. The summed E-state index contributed by atoms with van der Waals surface area (Å²) in [6, 6.07) is 12.7. The fourth-order valence-electron chi connectivity index (χ4n) is 1.55. The summed E-state index contributed by atoms with van der Waals surface area (Å²) in [4.78, 5) is 0. The highest BCUT2D eigenvalue weighted by atomic mass is 19.4. The molecule has 0 aliphatic carbocycles. The molecule has 0 fully saturated rings. The summed E-state index contributed by atoms with van der Waals surface area (Å²) < 4.78 is 40.1. The molecule has 0 saturated carbocycles. The Labute approximate surface area is 102 Å². The molecule has 0 aromatic heterocycles. The molecule has 2 aromatic rings. The number of alkyl halides is 3. The molecular weight excluding hydrogens is 243 g/mol. The number of benzene rings is 2. The molecule has 5 heteroatoms. The third kappa shape index (κ3) is 3.16. The summed E-state index contributed by atoms with van der Waals surface area (Å²) in [6.45, 7) is 0. The zero-order chi connectivity index (χ0) is 13.2. The van der Waals surface area contributed by atoms with Crippen LogP contribution in [0.25, 0.3) is 11.1 Å². The second-order valence-electron chi connectivity index (χ2n) is 3.70. The number of rotatable bonds is 2. The number of ether oxygens (including phenoxy) is 1. The van der Waals surface area contributed by atoms with Crippen molar-refractivity contribution in [1.82, 2.24) is 0 Å². The Hall–Kier alpha value is -2.17. The number of hydrogen-bond acceptors (Lipinski definition) is 2. The van der Waals surface area contributed by atoms with E-state index in [4.69, 9.17) is 5.73 Å². The standard InChI is InChI=1S/C13H10F3NO/c14-13(15,16)18-12-3-1-2-10(8-12)9-4-6-11(17)7-5-9/h1-8H,17H2. The van der Waals surface area contributed by atoms with E-state index in [1.165, 1.54) is 18.2 Å². The lowest BCUT2D eigenvalue weighted by atomic mass is 10.1. The second-order valence-corrected chi connectivity index (χ2v) is 3.70. The maximum atomic E-state index is 12.1. The molecule has 2 rings (SSSR count). The third-order valence-corrected chi connectivity index (χ3v) is 2.31. The van der Waals surface area contributed by atoms with Crippen molar-refractivity contribution < 1.29 is 17.9 Å². The lowest BCUT2D eigenvalue weighted by Crippen LogP contribution is -2.17. The number of nitrogens with two attached hydrogens (primary N) is 1. The largest absolute Gasteiger partial charge is 0.573 e. The van der Waals surface area contributed by atoms with Crippen molar-refractivity contribution in [1.29, 1.82) is 0 Å². The highest BCUT2D eigenvalue weighted by Crippen LogP contribution is 2.28. The van der Waals surface area contributed by atoms with Crippen LogP contribution >= 0.6 is 0 Å². The molecule has 2 aromatic carbocycles. The van der Waals surface area contributed by atoms with Crippen LogP contribution in [0.2, 0.25) is 0 Å². The van der Waals surface area contributed by atoms with Gasteiger partial charge in [-0.2, -0.15) is 0 Å². The minimum Gasteiger partial charge on any atom is -0.406 e. The van der Waals surface area contributed by atoms with E-state index in [0.717, 1.165) is 5.56 Å². The molecule has 2 N–H and O–H groups in total. The average Bonchev–Trinajstić information content (AvgIpc) is 2.28. The van der Waals surface area contributed by atoms with Crippen LogP contribution in [0.3, 0.4) is 0 Å². The summed E-state index contributed by atoms with van der Waals surface area (Å²) in [7, 11) is 0. The van der Waals surface area contributed by atoms with E-state index in [0.29, 0.717) is 11.3 Å². The normalized spacial score (nSPS) is 11.3. The first kappa shape index (κ1) is 12.3. The Morgan fingerprint density at radius 1 is 0.889 bits per heavy atom. The van der Waals surface area contributed by atoms with E-state index in [-0.39, 0.29) is 5.75 Å². The van der Waals surface area contributed by atoms with Crippen LogP contribution in [0.15, 0.2) is 48.5 Å². The maximum Gasteiger partial charge on any atom is 0.573 e. The topological polar surface area (TPSA) is 35.2 Å². The van der Waals surface area contributed by atoms with Crippen LogP contribution in [0.5, 0.6) is 5.75 Å². The summed E-state index contributed by atoms with van der Waals surface area (Å²) in [5, 5.41) is 0.